The monoisotopic (exact) mass is 303 g/mol. The van der Waals surface area contributed by atoms with E-state index in [-0.39, 0.29) is 11.9 Å². The summed E-state index contributed by atoms with van der Waals surface area (Å²) < 4.78 is 0. The van der Waals surface area contributed by atoms with Crippen molar-refractivity contribution in [2.24, 2.45) is 5.92 Å². The quantitative estimate of drug-likeness (QED) is 0.813. The van der Waals surface area contributed by atoms with Gasteiger partial charge < -0.3 is 15.5 Å². The number of benzene rings is 1. The molecular weight excluding hydrogens is 274 g/mol. The predicted octanol–water partition coefficient (Wildman–Crippen LogP) is 2.41. The van der Waals surface area contributed by atoms with Crippen molar-refractivity contribution in [1.82, 2.24) is 10.6 Å². The zero-order chi connectivity index (χ0) is 15.8. The molecule has 1 heterocycles. The largest absolute Gasteiger partial charge is 0.370 e. The van der Waals surface area contributed by atoms with E-state index in [2.05, 4.69) is 41.6 Å². The molecule has 4 nitrogen and oxygen atoms in total. The van der Waals surface area contributed by atoms with Crippen LogP contribution >= 0.6 is 0 Å². The van der Waals surface area contributed by atoms with Crippen LogP contribution in [0.15, 0.2) is 30.3 Å². The number of hydrogen-bond donors (Lipinski definition) is 2. The van der Waals surface area contributed by atoms with Gasteiger partial charge >= 0.3 is 0 Å². The maximum Gasteiger partial charge on any atom is 0.220 e. The van der Waals surface area contributed by atoms with E-state index in [1.165, 1.54) is 18.5 Å². The lowest BCUT2D eigenvalue weighted by Gasteiger charge is -2.27. The first-order chi connectivity index (χ1) is 10.7. The van der Waals surface area contributed by atoms with E-state index in [9.17, 15) is 4.79 Å². The highest BCUT2D eigenvalue weighted by Crippen LogP contribution is 2.17. The number of hydrogen-bond acceptors (Lipinski definition) is 3. The molecule has 0 spiro atoms. The first-order valence-electron chi connectivity index (χ1n) is 8.42. The molecule has 1 unspecified atom stereocenters. The standard InChI is InChI=1S/C18H29N3O/c1-15(21(2)17-6-4-3-5-7-17)14-20-18(22)9-8-16-10-12-19-13-11-16/h3-7,15-16,19H,8-14H2,1-2H3,(H,20,22). The molecule has 0 radical (unpaired) electrons. The summed E-state index contributed by atoms with van der Waals surface area (Å²) in [5.74, 6) is 0.906. The van der Waals surface area contributed by atoms with Crippen LogP contribution in [-0.4, -0.2) is 38.6 Å². The van der Waals surface area contributed by atoms with Crippen LogP contribution in [0.25, 0.3) is 0 Å². The van der Waals surface area contributed by atoms with Crippen LogP contribution in [0.4, 0.5) is 5.69 Å². The van der Waals surface area contributed by atoms with Crippen molar-refractivity contribution >= 4 is 11.6 Å². The number of anilines is 1. The van der Waals surface area contributed by atoms with Gasteiger partial charge in [0.05, 0.1) is 0 Å². The Morgan fingerprint density at radius 1 is 1.32 bits per heavy atom. The van der Waals surface area contributed by atoms with E-state index in [4.69, 9.17) is 0 Å². The highest BCUT2D eigenvalue weighted by molar-refractivity contribution is 5.75. The Balaban J connectivity index is 1.66. The van der Waals surface area contributed by atoms with Gasteiger partial charge in [0.2, 0.25) is 5.91 Å². The van der Waals surface area contributed by atoms with E-state index in [1.54, 1.807) is 0 Å². The summed E-state index contributed by atoms with van der Waals surface area (Å²) in [6, 6.07) is 10.6. The molecule has 2 rings (SSSR count). The molecule has 1 fully saturated rings. The Kier molecular flexibility index (Phi) is 6.72. The molecular formula is C18H29N3O. The van der Waals surface area contributed by atoms with E-state index in [1.807, 2.05) is 18.2 Å². The van der Waals surface area contributed by atoms with Gasteiger partial charge in [0.15, 0.2) is 0 Å². The summed E-state index contributed by atoms with van der Waals surface area (Å²) in [4.78, 5) is 14.2. The number of piperidine rings is 1. The second-order valence-corrected chi connectivity index (χ2v) is 6.33. The lowest BCUT2D eigenvalue weighted by Crippen LogP contribution is -2.40. The maximum absolute atomic E-state index is 12.0. The average molecular weight is 303 g/mol. The minimum Gasteiger partial charge on any atom is -0.370 e. The summed E-state index contributed by atoms with van der Waals surface area (Å²) >= 11 is 0. The number of amides is 1. The second-order valence-electron chi connectivity index (χ2n) is 6.33. The van der Waals surface area contributed by atoms with Crippen molar-refractivity contribution in [1.29, 1.82) is 0 Å². The molecule has 122 valence electrons. The predicted molar refractivity (Wildman–Crippen MR) is 92.1 cm³/mol. The third kappa shape index (κ3) is 5.34. The fourth-order valence-electron chi connectivity index (χ4n) is 2.91. The van der Waals surface area contributed by atoms with E-state index >= 15 is 0 Å². The lowest BCUT2D eigenvalue weighted by molar-refractivity contribution is -0.121. The minimum atomic E-state index is 0.187. The molecule has 1 aromatic rings. The van der Waals surface area contributed by atoms with Gasteiger partial charge in [-0.1, -0.05) is 18.2 Å². The van der Waals surface area contributed by atoms with Crippen molar-refractivity contribution in [2.45, 2.75) is 38.6 Å². The van der Waals surface area contributed by atoms with Crippen LogP contribution in [0.5, 0.6) is 0 Å². The molecule has 0 aliphatic carbocycles. The highest BCUT2D eigenvalue weighted by atomic mass is 16.1. The molecule has 0 bridgehead atoms. The zero-order valence-electron chi connectivity index (χ0n) is 13.8. The number of para-hydroxylation sites is 1. The fourth-order valence-corrected chi connectivity index (χ4v) is 2.91. The molecule has 1 saturated heterocycles. The Morgan fingerprint density at radius 3 is 2.68 bits per heavy atom. The van der Waals surface area contributed by atoms with Gasteiger partial charge in [-0.3, -0.25) is 4.79 Å². The zero-order valence-corrected chi connectivity index (χ0v) is 13.8. The number of carbonyl (C=O) groups is 1. The summed E-state index contributed by atoms with van der Waals surface area (Å²) in [6.07, 6.45) is 4.10. The van der Waals surface area contributed by atoms with Crippen LogP contribution in [-0.2, 0) is 4.79 Å². The van der Waals surface area contributed by atoms with Crippen LogP contribution in [0, 0.1) is 5.92 Å². The smallest absolute Gasteiger partial charge is 0.220 e. The van der Waals surface area contributed by atoms with Crippen LogP contribution in [0.2, 0.25) is 0 Å². The van der Waals surface area contributed by atoms with E-state index in [0.717, 1.165) is 25.4 Å². The molecule has 1 atom stereocenters. The number of nitrogens with zero attached hydrogens (tertiary/aromatic N) is 1. The average Bonchev–Trinajstić information content (AvgIpc) is 2.58. The van der Waals surface area contributed by atoms with Crippen LogP contribution < -0.4 is 15.5 Å². The van der Waals surface area contributed by atoms with Crippen molar-refractivity contribution in [3.63, 3.8) is 0 Å². The van der Waals surface area contributed by atoms with Gasteiger partial charge in [-0.25, -0.2) is 0 Å². The van der Waals surface area contributed by atoms with Gasteiger partial charge in [0.25, 0.3) is 0 Å². The molecule has 1 amide bonds. The number of carbonyl (C=O) groups excluding carboxylic acids is 1. The lowest BCUT2D eigenvalue weighted by atomic mass is 9.93. The summed E-state index contributed by atoms with van der Waals surface area (Å²) in [5, 5.41) is 6.44. The van der Waals surface area contributed by atoms with Crippen LogP contribution in [0.3, 0.4) is 0 Å². The van der Waals surface area contributed by atoms with Crippen molar-refractivity contribution < 1.29 is 4.79 Å². The molecule has 22 heavy (non-hydrogen) atoms. The first-order valence-corrected chi connectivity index (χ1v) is 8.42. The Hall–Kier alpha value is -1.55. The molecule has 0 aromatic heterocycles. The van der Waals surface area contributed by atoms with E-state index < -0.39 is 0 Å². The Labute approximate surface area is 134 Å². The SMILES string of the molecule is CC(CNC(=O)CCC1CCNCC1)N(C)c1ccccc1. The van der Waals surface area contributed by atoms with Crippen molar-refractivity contribution in [3.05, 3.63) is 30.3 Å². The first kappa shape index (κ1) is 16.8. The number of likely N-dealkylation sites (N-methyl/N-ethyl adjacent to an activating group) is 1. The van der Waals surface area contributed by atoms with Gasteiger partial charge in [-0.15, -0.1) is 0 Å². The van der Waals surface area contributed by atoms with E-state index in [0.29, 0.717) is 13.0 Å². The molecule has 4 heteroatoms. The number of nitrogens with one attached hydrogen (secondary N) is 2. The van der Waals surface area contributed by atoms with Crippen molar-refractivity contribution in [2.75, 3.05) is 31.6 Å². The van der Waals surface area contributed by atoms with Gasteiger partial charge in [0, 0.05) is 31.7 Å². The third-order valence-corrected chi connectivity index (χ3v) is 4.66. The topological polar surface area (TPSA) is 44.4 Å². The number of rotatable bonds is 7. The van der Waals surface area contributed by atoms with Gasteiger partial charge in [-0.2, -0.15) is 0 Å². The van der Waals surface area contributed by atoms with Crippen molar-refractivity contribution in [3.8, 4) is 0 Å². The molecule has 1 aliphatic heterocycles. The fraction of sp³-hybridized carbons (Fsp3) is 0.611. The van der Waals surface area contributed by atoms with Gasteiger partial charge in [0.1, 0.15) is 0 Å². The molecule has 2 N–H and O–H groups in total. The summed E-state index contributed by atoms with van der Waals surface area (Å²) in [6.45, 7) is 5.03. The highest BCUT2D eigenvalue weighted by Gasteiger charge is 2.15. The molecule has 1 aromatic carbocycles. The van der Waals surface area contributed by atoms with Gasteiger partial charge in [-0.05, 0) is 57.3 Å². The second kappa shape index (κ2) is 8.79. The normalized spacial score (nSPS) is 17.0. The molecule has 0 saturated carbocycles. The minimum absolute atomic E-state index is 0.187. The molecule has 1 aliphatic rings. The van der Waals surface area contributed by atoms with Crippen LogP contribution in [0.1, 0.15) is 32.6 Å². The third-order valence-electron chi connectivity index (χ3n) is 4.66. The summed E-state index contributed by atoms with van der Waals surface area (Å²) in [5.41, 5.74) is 1.18. The Morgan fingerprint density at radius 2 is 2.00 bits per heavy atom. The maximum atomic E-state index is 12.0. The Bertz CT molecular complexity index is 443. The summed E-state index contributed by atoms with van der Waals surface area (Å²) in [7, 11) is 2.07.